The fraction of sp³-hybridized carbons (Fsp3) is 0.529. The largest absolute Gasteiger partial charge is 0.480 e. The van der Waals surface area contributed by atoms with Gasteiger partial charge in [-0.05, 0) is 43.3 Å². The van der Waals surface area contributed by atoms with E-state index in [1.807, 2.05) is 36.1 Å². The quantitative estimate of drug-likeness (QED) is 0.671. The van der Waals surface area contributed by atoms with Gasteiger partial charge in [-0.25, -0.2) is 4.79 Å². The van der Waals surface area contributed by atoms with E-state index < -0.39 is 5.97 Å². The van der Waals surface area contributed by atoms with Crippen molar-refractivity contribution in [3.8, 4) is 0 Å². The lowest BCUT2D eigenvalue weighted by Gasteiger charge is -2.42. The summed E-state index contributed by atoms with van der Waals surface area (Å²) >= 11 is 1.76. The second-order valence-corrected chi connectivity index (χ2v) is 6.87. The average molecular weight is 351 g/mol. The van der Waals surface area contributed by atoms with Crippen LogP contribution in [0.15, 0.2) is 24.3 Å². The number of benzene rings is 1. The molecule has 7 heteroatoms. The van der Waals surface area contributed by atoms with Crippen molar-refractivity contribution >= 4 is 29.4 Å². The maximum atomic E-state index is 12.0. The summed E-state index contributed by atoms with van der Waals surface area (Å²) in [4.78, 5) is 24.8. The Kier molecular flexibility index (Phi) is 6.93. The first-order chi connectivity index (χ1) is 11.5. The molecular formula is C17H25N3O3S. The molecule has 0 bridgehead atoms. The maximum absolute atomic E-state index is 12.0. The Morgan fingerprint density at radius 1 is 1.29 bits per heavy atom. The van der Waals surface area contributed by atoms with E-state index >= 15 is 0 Å². The second-order valence-electron chi connectivity index (χ2n) is 6.01. The highest BCUT2D eigenvalue weighted by Gasteiger charge is 2.34. The molecule has 2 rings (SSSR count). The summed E-state index contributed by atoms with van der Waals surface area (Å²) in [5.74, 6) is 0.149. The number of nitrogens with zero attached hydrogens (tertiary/aromatic N) is 1. The first-order valence-corrected chi connectivity index (χ1v) is 9.52. The van der Waals surface area contributed by atoms with Crippen molar-refractivity contribution < 1.29 is 14.7 Å². The SMILES string of the molecule is CCN(CC(=O)O)C1CC(NC(=O)Nc2ccc(CSC)cc2)C1. The van der Waals surface area contributed by atoms with E-state index in [1.165, 1.54) is 5.56 Å². The summed E-state index contributed by atoms with van der Waals surface area (Å²) in [6.07, 6.45) is 3.64. The van der Waals surface area contributed by atoms with Gasteiger partial charge in [-0.2, -0.15) is 11.8 Å². The van der Waals surface area contributed by atoms with Crippen molar-refractivity contribution in [2.24, 2.45) is 0 Å². The highest BCUT2D eigenvalue weighted by Crippen LogP contribution is 2.25. The highest BCUT2D eigenvalue weighted by molar-refractivity contribution is 7.97. The molecule has 6 nitrogen and oxygen atoms in total. The number of thioether (sulfide) groups is 1. The number of carbonyl (C=O) groups is 2. The molecule has 0 unspecified atom stereocenters. The molecule has 132 valence electrons. The van der Waals surface area contributed by atoms with Crippen LogP contribution in [-0.4, -0.2) is 53.4 Å². The van der Waals surface area contributed by atoms with Crippen LogP contribution in [-0.2, 0) is 10.5 Å². The highest BCUT2D eigenvalue weighted by atomic mass is 32.2. The van der Waals surface area contributed by atoms with E-state index in [0.717, 1.165) is 24.3 Å². The lowest BCUT2D eigenvalue weighted by molar-refractivity contribution is -0.139. The van der Waals surface area contributed by atoms with E-state index in [4.69, 9.17) is 5.11 Å². The van der Waals surface area contributed by atoms with Crippen molar-refractivity contribution in [2.75, 3.05) is 24.7 Å². The predicted molar refractivity (Wildman–Crippen MR) is 97.5 cm³/mol. The van der Waals surface area contributed by atoms with Crippen molar-refractivity contribution in [1.82, 2.24) is 10.2 Å². The van der Waals surface area contributed by atoms with Crippen LogP contribution in [0.4, 0.5) is 10.5 Å². The zero-order valence-electron chi connectivity index (χ0n) is 14.1. The van der Waals surface area contributed by atoms with Gasteiger partial charge in [0.1, 0.15) is 0 Å². The zero-order valence-corrected chi connectivity index (χ0v) is 14.9. The number of carboxylic acid groups (broad SMARTS) is 1. The minimum Gasteiger partial charge on any atom is -0.480 e. The number of urea groups is 1. The number of rotatable bonds is 8. The Morgan fingerprint density at radius 2 is 1.96 bits per heavy atom. The summed E-state index contributed by atoms with van der Waals surface area (Å²) < 4.78 is 0. The Bertz CT molecular complexity index is 559. The van der Waals surface area contributed by atoms with E-state index in [0.29, 0.717) is 6.54 Å². The van der Waals surface area contributed by atoms with E-state index in [2.05, 4.69) is 16.9 Å². The van der Waals surface area contributed by atoms with Crippen LogP contribution in [0.1, 0.15) is 25.3 Å². The molecule has 3 N–H and O–H groups in total. The van der Waals surface area contributed by atoms with E-state index in [9.17, 15) is 9.59 Å². The molecule has 0 heterocycles. The number of hydrogen-bond donors (Lipinski definition) is 3. The van der Waals surface area contributed by atoms with Gasteiger partial charge in [0.2, 0.25) is 0 Å². The molecule has 0 aromatic heterocycles. The van der Waals surface area contributed by atoms with Gasteiger partial charge in [-0.3, -0.25) is 9.69 Å². The third-order valence-electron chi connectivity index (χ3n) is 4.23. The Morgan fingerprint density at radius 3 is 2.50 bits per heavy atom. The molecule has 0 radical (unpaired) electrons. The Hall–Kier alpha value is -1.73. The standard InChI is InChI=1S/C17H25N3O3S/c1-3-20(10-16(21)22)15-8-14(9-15)19-17(23)18-13-6-4-12(5-7-13)11-24-2/h4-7,14-15H,3,8-11H2,1-2H3,(H,21,22)(H2,18,19,23). The molecule has 2 amide bonds. The molecule has 1 aromatic rings. The predicted octanol–water partition coefficient (Wildman–Crippen LogP) is 2.61. The lowest BCUT2D eigenvalue weighted by Crippen LogP contribution is -2.55. The number of likely N-dealkylation sites (N-methyl/N-ethyl adjacent to an activating group) is 1. The average Bonchev–Trinajstić information content (AvgIpc) is 2.50. The number of anilines is 1. The molecule has 1 aliphatic carbocycles. The molecule has 1 aliphatic rings. The van der Waals surface area contributed by atoms with Gasteiger partial charge in [0.25, 0.3) is 0 Å². The van der Waals surface area contributed by atoms with Crippen LogP contribution in [0.2, 0.25) is 0 Å². The smallest absolute Gasteiger partial charge is 0.319 e. The third-order valence-corrected chi connectivity index (χ3v) is 4.85. The van der Waals surface area contributed by atoms with Crippen LogP contribution in [0.5, 0.6) is 0 Å². The van der Waals surface area contributed by atoms with Crippen LogP contribution in [0.3, 0.4) is 0 Å². The number of carboxylic acids is 1. The Labute approximate surface area is 147 Å². The number of hydrogen-bond acceptors (Lipinski definition) is 4. The molecular weight excluding hydrogens is 326 g/mol. The van der Waals surface area contributed by atoms with Crippen LogP contribution in [0, 0.1) is 0 Å². The second kappa shape index (κ2) is 8.94. The van der Waals surface area contributed by atoms with Crippen LogP contribution in [0.25, 0.3) is 0 Å². The van der Waals surface area contributed by atoms with Crippen molar-refractivity contribution in [3.63, 3.8) is 0 Å². The fourth-order valence-corrected chi connectivity index (χ4v) is 3.41. The van der Waals surface area contributed by atoms with Crippen molar-refractivity contribution in [2.45, 2.75) is 37.6 Å². The number of amides is 2. The Balaban J connectivity index is 1.73. The minimum absolute atomic E-state index is 0.0580. The van der Waals surface area contributed by atoms with Crippen molar-refractivity contribution in [1.29, 1.82) is 0 Å². The summed E-state index contributed by atoms with van der Waals surface area (Å²) in [6.45, 7) is 2.72. The van der Waals surface area contributed by atoms with Gasteiger partial charge in [-0.15, -0.1) is 0 Å². The van der Waals surface area contributed by atoms with Gasteiger partial charge >= 0.3 is 12.0 Å². The zero-order chi connectivity index (χ0) is 17.5. The summed E-state index contributed by atoms with van der Waals surface area (Å²) in [5.41, 5.74) is 2.00. The first-order valence-electron chi connectivity index (χ1n) is 8.13. The normalized spacial score (nSPS) is 19.6. The minimum atomic E-state index is -0.809. The van der Waals surface area contributed by atoms with Gasteiger partial charge < -0.3 is 15.7 Å². The molecule has 0 spiro atoms. The number of nitrogens with one attached hydrogen (secondary N) is 2. The van der Waals surface area contributed by atoms with Gasteiger partial charge in [-0.1, -0.05) is 19.1 Å². The number of carbonyl (C=O) groups excluding carboxylic acids is 1. The molecule has 1 fully saturated rings. The fourth-order valence-electron chi connectivity index (χ4n) is 2.88. The van der Waals surface area contributed by atoms with Crippen molar-refractivity contribution in [3.05, 3.63) is 29.8 Å². The molecule has 0 atom stereocenters. The molecule has 1 saturated carbocycles. The van der Waals surface area contributed by atoms with Gasteiger partial charge in [0.05, 0.1) is 6.54 Å². The maximum Gasteiger partial charge on any atom is 0.319 e. The topological polar surface area (TPSA) is 81.7 Å². The molecule has 0 saturated heterocycles. The first kappa shape index (κ1) is 18.6. The summed E-state index contributed by atoms with van der Waals surface area (Å²) in [7, 11) is 0. The van der Waals surface area contributed by atoms with Gasteiger partial charge in [0, 0.05) is 23.5 Å². The monoisotopic (exact) mass is 351 g/mol. The summed E-state index contributed by atoms with van der Waals surface area (Å²) in [5, 5.41) is 14.7. The molecule has 0 aliphatic heterocycles. The van der Waals surface area contributed by atoms with Gasteiger partial charge in [0.15, 0.2) is 0 Å². The van der Waals surface area contributed by atoms with E-state index in [1.54, 1.807) is 11.8 Å². The summed E-state index contributed by atoms with van der Waals surface area (Å²) in [6, 6.07) is 7.96. The number of aliphatic carboxylic acids is 1. The third kappa shape index (κ3) is 5.42. The van der Waals surface area contributed by atoms with Crippen LogP contribution >= 0.6 is 11.8 Å². The molecule has 1 aromatic carbocycles. The van der Waals surface area contributed by atoms with E-state index in [-0.39, 0.29) is 24.7 Å². The lowest BCUT2D eigenvalue weighted by atomic mass is 9.85. The van der Waals surface area contributed by atoms with Crippen LogP contribution < -0.4 is 10.6 Å². The molecule has 24 heavy (non-hydrogen) atoms.